The number of para-hydroxylation sites is 1. The van der Waals surface area contributed by atoms with Gasteiger partial charge in [-0.25, -0.2) is 0 Å². The van der Waals surface area contributed by atoms with E-state index in [4.69, 9.17) is 14.3 Å². The highest BCUT2D eigenvalue weighted by Gasteiger charge is 2.25. The average molecular weight is 274 g/mol. The molecule has 0 saturated carbocycles. The van der Waals surface area contributed by atoms with Crippen LogP contribution in [0, 0.1) is 0 Å². The number of aryl methyl sites for hydroxylation is 1. The van der Waals surface area contributed by atoms with Crippen LogP contribution in [0.5, 0.6) is 5.75 Å². The molecular formula is C14H14N2O4. The van der Waals surface area contributed by atoms with E-state index in [1.165, 1.54) is 0 Å². The van der Waals surface area contributed by atoms with Crippen molar-refractivity contribution in [1.82, 2.24) is 10.2 Å². The summed E-state index contributed by atoms with van der Waals surface area (Å²) in [6, 6.07) is 7.87. The fourth-order valence-corrected chi connectivity index (χ4v) is 2.23. The van der Waals surface area contributed by atoms with Gasteiger partial charge in [0.05, 0.1) is 12.3 Å². The summed E-state index contributed by atoms with van der Waals surface area (Å²) in [6.45, 7) is 0.498. The van der Waals surface area contributed by atoms with Gasteiger partial charge >= 0.3 is 5.97 Å². The number of carbonyl (C=O) groups is 1. The second kappa shape index (κ2) is 5.32. The molecule has 1 aromatic heterocycles. The third-order valence-corrected chi connectivity index (χ3v) is 3.26. The Hall–Kier alpha value is -2.37. The van der Waals surface area contributed by atoms with Crippen LogP contribution >= 0.6 is 0 Å². The standard InChI is InChI=1S/C14H14N2O4/c17-13(18)6-5-12-15-16-14(20-12)10-7-9-3-1-2-4-11(9)19-8-10/h1-4,10H,5-8H2,(H,17,18). The molecule has 0 saturated heterocycles. The summed E-state index contributed by atoms with van der Waals surface area (Å²) in [7, 11) is 0. The zero-order valence-corrected chi connectivity index (χ0v) is 10.8. The number of benzene rings is 1. The molecule has 3 rings (SSSR count). The first kappa shape index (κ1) is 12.7. The second-order valence-electron chi connectivity index (χ2n) is 4.75. The first-order valence-corrected chi connectivity index (χ1v) is 6.47. The van der Waals surface area contributed by atoms with Crippen molar-refractivity contribution in [3.63, 3.8) is 0 Å². The number of ether oxygens (including phenoxy) is 1. The van der Waals surface area contributed by atoms with E-state index < -0.39 is 5.97 Å². The SMILES string of the molecule is O=C(O)CCc1nnc(C2COc3ccccc3C2)o1. The molecule has 1 N–H and O–H groups in total. The van der Waals surface area contributed by atoms with Gasteiger partial charge in [-0.05, 0) is 18.1 Å². The topological polar surface area (TPSA) is 85.5 Å². The molecule has 2 aromatic rings. The van der Waals surface area contributed by atoms with Crippen LogP contribution in [0.4, 0.5) is 0 Å². The van der Waals surface area contributed by atoms with Crippen molar-refractivity contribution < 1.29 is 19.1 Å². The Kier molecular flexibility index (Phi) is 3.37. The lowest BCUT2D eigenvalue weighted by atomic mass is 9.97. The first-order valence-electron chi connectivity index (χ1n) is 6.47. The van der Waals surface area contributed by atoms with E-state index >= 15 is 0 Å². The van der Waals surface area contributed by atoms with Crippen LogP contribution in [0.3, 0.4) is 0 Å². The Balaban J connectivity index is 1.70. The summed E-state index contributed by atoms with van der Waals surface area (Å²) < 4.78 is 11.2. The molecule has 1 aliphatic heterocycles. The molecule has 104 valence electrons. The number of aliphatic carboxylic acids is 1. The van der Waals surface area contributed by atoms with Crippen molar-refractivity contribution in [1.29, 1.82) is 0 Å². The summed E-state index contributed by atoms with van der Waals surface area (Å²) in [6.07, 6.45) is 1.04. The third-order valence-electron chi connectivity index (χ3n) is 3.26. The molecule has 0 fully saturated rings. The molecule has 0 radical (unpaired) electrons. The lowest BCUT2D eigenvalue weighted by Gasteiger charge is -2.22. The van der Waals surface area contributed by atoms with E-state index in [0.717, 1.165) is 17.7 Å². The summed E-state index contributed by atoms with van der Waals surface area (Å²) in [5.41, 5.74) is 1.12. The van der Waals surface area contributed by atoms with E-state index in [-0.39, 0.29) is 18.8 Å². The largest absolute Gasteiger partial charge is 0.492 e. The molecule has 1 aliphatic rings. The van der Waals surface area contributed by atoms with Crippen LogP contribution in [-0.4, -0.2) is 27.9 Å². The minimum atomic E-state index is -0.875. The highest BCUT2D eigenvalue weighted by Crippen LogP contribution is 2.31. The maximum Gasteiger partial charge on any atom is 0.303 e. The highest BCUT2D eigenvalue weighted by molar-refractivity contribution is 5.66. The zero-order chi connectivity index (χ0) is 13.9. The lowest BCUT2D eigenvalue weighted by molar-refractivity contribution is -0.137. The fraction of sp³-hybridized carbons (Fsp3) is 0.357. The van der Waals surface area contributed by atoms with Gasteiger partial charge in [0, 0.05) is 6.42 Å². The third kappa shape index (κ3) is 2.64. The van der Waals surface area contributed by atoms with Crippen LogP contribution in [0.1, 0.15) is 29.7 Å². The van der Waals surface area contributed by atoms with Crippen molar-refractivity contribution in [2.24, 2.45) is 0 Å². The van der Waals surface area contributed by atoms with E-state index in [1.807, 2.05) is 24.3 Å². The summed E-state index contributed by atoms with van der Waals surface area (Å²) in [5.74, 6) is 0.922. The summed E-state index contributed by atoms with van der Waals surface area (Å²) in [4.78, 5) is 10.5. The summed E-state index contributed by atoms with van der Waals surface area (Å²) >= 11 is 0. The molecule has 6 heteroatoms. The van der Waals surface area contributed by atoms with Gasteiger partial charge in [0.1, 0.15) is 12.4 Å². The van der Waals surface area contributed by atoms with E-state index in [2.05, 4.69) is 10.2 Å². The number of carboxylic acids is 1. The molecule has 0 spiro atoms. The molecule has 0 amide bonds. The van der Waals surface area contributed by atoms with Gasteiger partial charge in [-0.15, -0.1) is 10.2 Å². The van der Waals surface area contributed by atoms with Crippen molar-refractivity contribution in [3.05, 3.63) is 41.6 Å². The smallest absolute Gasteiger partial charge is 0.303 e. The van der Waals surface area contributed by atoms with Gasteiger partial charge in [0.25, 0.3) is 0 Å². The Labute approximate surface area is 115 Å². The highest BCUT2D eigenvalue weighted by atomic mass is 16.5. The van der Waals surface area contributed by atoms with Gasteiger partial charge in [-0.1, -0.05) is 18.2 Å². The van der Waals surface area contributed by atoms with Crippen molar-refractivity contribution >= 4 is 5.97 Å². The maximum absolute atomic E-state index is 10.5. The number of rotatable bonds is 4. The second-order valence-corrected chi connectivity index (χ2v) is 4.75. The fourth-order valence-electron chi connectivity index (χ4n) is 2.23. The first-order chi connectivity index (χ1) is 9.72. The minimum Gasteiger partial charge on any atom is -0.492 e. The van der Waals surface area contributed by atoms with Gasteiger partial charge in [0.15, 0.2) is 0 Å². The zero-order valence-electron chi connectivity index (χ0n) is 10.8. The number of hydrogen-bond acceptors (Lipinski definition) is 5. The van der Waals surface area contributed by atoms with Crippen LogP contribution < -0.4 is 4.74 Å². The molecule has 2 heterocycles. The van der Waals surface area contributed by atoms with Gasteiger partial charge < -0.3 is 14.3 Å². The van der Waals surface area contributed by atoms with Crippen LogP contribution in [0.25, 0.3) is 0 Å². The number of hydrogen-bond donors (Lipinski definition) is 1. The Bertz CT molecular complexity index is 623. The number of nitrogens with zero attached hydrogens (tertiary/aromatic N) is 2. The van der Waals surface area contributed by atoms with Crippen LogP contribution in [-0.2, 0) is 17.6 Å². The molecule has 0 bridgehead atoms. The van der Waals surface area contributed by atoms with Crippen LogP contribution in [0.2, 0.25) is 0 Å². The Morgan fingerprint density at radius 1 is 1.35 bits per heavy atom. The quantitative estimate of drug-likeness (QED) is 0.915. The lowest BCUT2D eigenvalue weighted by Crippen LogP contribution is -2.19. The normalized spacial score (nSPS) is 17.3. The van der Waals surface area contributed by atoms with Crippen molar-refractivity contribution in [2.45, 2.75) is 25.2 Å². The molecule has 1 atom stereocenters. The predicted octanol–water partition coefficient (Wildman–Crippen LogP) is 1.81. The van der Waals surface area contributed by atoms with E-state index in [9.17, 15) is 4.79 Å². The van der Waals surface area contributed by atoms with Crippen LogP contribution in [0.15, 0.2) is 28.7 Å². The predicted molar refractivity (Wildman–Crippen MR) is 68.6 cm³/mol. The molecule has 20 heavy (non-hydrogen) atoms. The molecule has 1 unspecified atom stereocenters. The Morgan fingerprint density at radius 3 is 3.05 bits per heavy atom. The molecule has 6 nitrogen and oxygen atoms in total. The number of carboxylic acid groups (broad SMARTS) is 1. The van der Waals surface area contributed by atoms with Gasteiger partial charge in [0.2, 0.25) is 11.8 Å². The number of fused-ring (bicyclic) bond motifs is 1. The van der Waals surface area contributed by atoms with E-state index in [1.54, 1.807) is 0 Å². The van der Waals surface area contributed by atoms with Crippen molar-refractivity contribution in [2.75, 3.05) is 6.61 Å². The molecule has 1 aromatic carbocycles. The monoisotopic (exact) mass is 274 g/mol. The average Bonchev–Trinajstić information content (AvgIpc) is 2.93. The van der Waals surface area contributed by atoms with Crippen molar-refractivity contribution in [3.8, 4) is 5.75 Å². The van der Waals surface area contributed by atoms with E-state index in [0.29, 0.717) is 18.4 Å². The number of aromatic nitrogens is 2. The molecule has 0 aliphatic carbocycles. The van der Waals surface area contributed by atoms with Gasteiger partial charge in [-0.2, -0.15) is 0 Å². The van der Waals surface area contributed by atoms with Gasteiger partial charge in [-0.3, -0.25) is 4.79 Å². The molecular weight excluding hydrogens is 260 g/mol. The summed E-state index contributed by atoms with van der Waals surface area (Å²) in [5, 5.41) is 16.5. The minimum absolute atomic E-state index is 0.00830. The maximum atomic E-state index is 10.5. The Morgan fingerprint density at radius 2 is 2.20 bits per heavy atom.